The Kier molecular flexibility index (Phi) is 6.18. The van der Waals surface area contributed by atoms with Gasteiger partial charge in [-0.2, -0.15) is 0 Å². The van der Waals surface area contributed by atoms with E-state index in [4.69, 9.17) is 4.42 Å². The summed E-state index contributed by atoms with van der Waals surface area (Å²) in [5.74, 6) is 1.58. The van der Waals surface area contributed by atoms with Crippen molar-refractivity contribution < 1.29 is 9.21 Å². The maximum absolute atomic E-state index is 12.2. The maximum atomic E-state index is 12.2. The fraction of sp³-hybridized carbons (Fsp3) is 0.316. The number of benzene rings is 1. The molecule has 1 aromatic carbocycles. The zero-order valence-electron chi connectivity index (χ0n) is 15.7. The minimum Gasteiger partial charge on any atom is -0.461 e. The molecule has 0 saturated carbocycles. The molecule has 2 heterocycles. The standard InChI is InChI=1S/C19H23N5O2S/c1-4-24-18(16-6-5-11-26-16)21-22-19(24)27-13-17(25)20-12-14-7-9-15(10-8-14)23(2)3/h5-11H,4,12-13H2,1-3H3,(H,20,25). The van der Waals surface area contributed by atoms with Crippen molar-refractivity contribution in [3.8, 4) is 11.6 Å². The Balaban J connectivity index is 1.53. The Bertz CT molecular complexity index is 872. The first-order valence-corrected chi connectivity index (χ1v) is 9.70. The average Bonchev–Trinajstić information content (AvgIpc) is 3.33. The molecule has 0 radical (unpaired) electrons. The van der Waals surface area contributed by atoms with E-state index >= 15 is 0 Å². The second kappa shape index (κ2) is 8.77. The second-order valence-corrected chi connectivity index (χ2v) is 7.10. The number of carbonyl (C=O) groups is 1. The van der Waals surface area contributed by atoms with Gasteiger partial charge in [0.2, 0.25) is 5.91 Å². The van der Waals surface area contributed by atoms with Crippen LogP contribution >= 0.6 is 11.8 Å². The molecule has 0 atom stereocenters. The van der Waals surface area contributed by atoms with Crippen molar-refractivity contribution in [1.82, 2.24) is 20.1 Å². The fourth-order valence-corrected chi connectivity index (χ4v) is 3.39. The van der Waals surface area contributed by atoms with Gasteiger partial charge in [-0.05, 0) is 36.8 Å². The van der Waals surface area contributed by atoms with Crippen LogP contribution in [0.1, 0.15) is 12.5 Å². The topological polar surface area (TPSA) is 76.2 Å². The molecule has 2 aromatic heterocycles. The van der Waals surface area contributed by atoms with Crippen LogP contribution in [0, 0.1) is 0 Å². The van der Waals surface area contributed by atoms with Crippen molar-refractivity contribution in [3.63, 3.8) is 0 Å². The number of hydrogen-bond acceptors (Lipinski definition) is 6. The quantitative estimate of drug-likeness (QED) is 0.601. The normalized spacial score (nSPS) is 10.8. The minimum atomic E-state index is -0.0399. The van der Waals surface area contributed by atoms with Gasteiger partial charge in [-0.15, -0.1) is 10.2 Å². The lowest BCUT2D eigenvalue weighted by Crippen LogP contribution is -2.24. The first-order chi connectivity index (χ1) is 13.1. The summed E-state index contributed by atoms with van der Waals surface area (Å²) in [5, 5.41) is 12.0. The molecule has 3 aromatic rings. The van der Waals surface area contributed by atoms with Gasteiger partial charge in [0, 0.05) is 32.9 Å². The molecule has 142 valence electrons. The van der Waals surface area contributed by atoms with Crippen LogP contribution in [0.2, 0.25) is 0 Å². The van der Waals surface area contributed by atoms with Crippen LogP contribution < -0.4 is 10.2 Å². The van der Waals surface area contributed by atoms with E-state index in [2.05, 4.69) is 15.5 Å². The van der Waals surface area contributed by atoms with Crippen LogP contribution in [0.15, 0.2) is 52.2 Å². The molecular weight excluding hydrogens is 362 g/mol. The van der Waals surface area contributed by atoms with Crippen LogP contribution in [0.25, 0.3) is 11.6 Å². The lowest BCUT2D eigenvalue weighted by atomic mass is 10.2. The highest BCUT2D eigenvalue weighted by Gasteiger charge is 2.16. The van der Waals surface area contributed by atoms with Gasteiger partial charge in [0.05, 0.1) is 12.0 Å². The first-order valence-electron chi connectivity index (χ1n) is 8.71. The number of nitrogens with zero attached hydrogens (tertiary/aromatic N) is 4. The van der Waals surface area contributed by atoms with E-state index in [1.54, 1.807) is 6.26 Å². The van der Waals surface area contributed by atoms with Crippen LogP contribution in [0.4, 0.5) is 5.69 Å². The zero-order chi connectivity index (χ0) is 19.2. The van der Waals surface area contributed by atoms with E-state index < -0.39 is 0 Å². The van der Waals surface area contributed by atoms with Crippen LogP contribution in [0.5, 0.6) is 0 Å². The molecule has 0 spiro atoms. The Morgan fingerprint density at radius 2 is 2.00 bits per heavy atom. The van der Waals surface area contributed by atoms with E-state index in [0.29, 0.717) is 29.8 Å². The number of aromatic nitrogens is 3. The number of rotatable bonds is 8. The smallest absolute Gasteiger partial charge is 0.230 e. The van der Waals surface area contributed by atoms with Gasteiger partial charge >= 0.3 is 0 Å². The minimum absolute atomic E-state index is 0.0399. The van der Waals surface area contributed by atoms with Gasteiger partial charge in [-0.25, -0.2) is 0 Å². The third-order valence-electron chi connectivity index (χ3n) is 4.05. The summed E-state index contributed by atoms with van der Waals surface area (Å²) < 4.78 is 7.34. The Labute approximate surface area is 162 Å². The summed E-state index contributed by atoms with van der Waals surface area (Å²) in [6.45, 7) is 3.22. The molecule has 0 saturated heterocycles. The Hall–Kier alpha value is -2.74. The molecule has 0 bridgehead atoms. The van der Waals surface area contributed by atoms with E-state index in [9.17, 15) is 4.79 Å². The van der Waals surface area contributed by atoms with E-state index in [-0.39, 0.29) is 11.7 Å². The van der Waals surface area contributed by atoms with Gasteiger partial charge in [-0.3, -0.25) is 9.36 Å². The summed E-state index contributed by atoms with van der Waals surface area (Å²) in [7, 11) is 4.00. The second-order valence-electron chi connectivity index (χ2n) is 6.15. The van der Waals surface area contributed by atoms with E-state index in [1.807, 2.05) is 66.9 Å². The first kappa shape index (κ1) is 19.0. The van der Waals surface area contributed by atoms with Crippen LogP contribution in [0.3, 0.4) is 0 Å². The number of carbonyl (C=O) groups excluding carboxylic acids is 1. The van der Waals surface area contributed by atoms with Gasteiger partial charge in [-0.1, -0.05) is 23.9 Å². The van der Waals surface area contributed by atoms with E-state index in [1.165, 1.54) is 11.8 Å². The fourth-order valence-electron chi connectivity index (χ4n) is 2.56. The maximum Gasteiger partial charge on any atom is 0.230 e. The number of hydrogen-bond donors (Lipinski definition) is 1. The van der Waals surface area contributed by atoms with Gasteiger partial charge < -0.3 is 14.6 Å². The summed E-state index contributed by atoms with van der Waals surface area (Å²) in [4.78, 5) is 14.2. The highest BCUT2D eigenvalue weighted by Crippen LogP contribution is 2.24. The third kappa shape index (κ3) is 4.71. The molecule has 0 aliphatic carbocycles. The molecule has 0 unspecified atom stereocenters. The molecule has 8 heteroatoms. The van der Waals surface area contributed by atoms with Crippen LogP contribution in [-0.2, 0) is 17.9 Å². The molecule has 0 aliphatic heterocycles. The summed E-state index contributed by atoms with van der Waals surface area (Å²) in [6.07, 6.45) is 1.61. The molecule has 1 N–H and O–H groups in total. The van der Waals surface area contributed by atoms with Crippen molar-refractivity contribution in [2.45, 2.75) is 25.2 Å². The van der Waals surface area contributed by atoms with Gasteiger partial charge in [0.15, 0.2) is 16.7 Å². The molecule has 27 heavy (non-hydrogen) atoms. The van der Waals surface area contributed by atoms with Crippen molar-refractivity contribution >= 4 is 23.4 Å². The van der Waals surface area contributed by atoms with Crippen LogP contribution in [-0.4, -0.2) is 40.5 Å². The summed E-state index contributed by atoms with van der Waals surface area (Å²) >= 11 is 1.37. The highest BCUT2D eigenvalue weighted by molar-refractivity contribution is 7.99. The number of furan rings is 1. The summed E-state index contributed by atoms with van der Waals surface area (Å²) in [6, 6.07) is 11.8. The van der Waals surface area contributed by atoms with Gasteiger partial charge in [0.1, 0.15) is 0 Å². The van der Waals surface area contributed by atoms with Crippen molar-refractivity contribution in [2.75, 3.05) is 24.7 Å². The monoisotopic (exact) mass is 385 g/mol. The van der Waals surface area contributed by atoms with Crippen molar-refractivity contribution in [2.24, 2.45) is 0 Å². The molecule has 3 rings (SSSR count). The lowest BCUT2D eigenvalue weighted by molar-refractivity contribution is -0.118. The predicted molar refractivity (Wildman–Crippen MR) is 107 cm³/mol. The largest absolute Gasteiger partial charge is 0.461 e. The number of amides is 1. The van der Waals surface area contributed by atoms with Gasteiger partial charge in [0.25, 0.3) is 0 Å². The lowest BCUT2D eigenvalue weighted by Gasteiger charge is -2.13. The third-order valence-corrected chi connectivity index (χ3v) is 5.02. The molecule has 7 nitrogen and oxygen atoms in total. The predicted octanol–water partition coefficient (Wildman–Crippen LogP) is 3.03. The highest BCUT2D eigenvalue weighted by atomic mass is 32.2. The average molecular weight is 385 g/mol. The Morgan fingerprint density at radius 1 is 1.22 bits per heavy atom. The molecular formula is C19H23N5O2S. The van der Waals surface area contributed by atoms with Crippen molar-refractivity contribution in [3.05, 3.63) is 48.2 Å². The molecule has 0 aliphatic rings. The number of nitrogens with one attached hydrogen (secondary N) is 1. The Morgan fingerprint density at radius 3 is 2.63 bits per heavy atom. The van der Waals surface area contributed by atoms with E-state index in [0.717, 1.165) is 11.3 Å². The zero-order valence-corrected chi connectivity index (χ0v) is 16.5. The number of anilines is 1. The van der Waals surface area contributed by atoms with Crippen molar-refractivity contribution in [1.29, 1.82) is 0 Å². The molecule has 1 amide bonds. The summed E-state index contributed by atoms with van der Waals surface area (Å²) in [5.41, 5.74) is 2.20. The molecule has 0 fully saturated rings. The SMILES string of the molecule is CCn1c(SCC(=O)NCc2ccc(N(C)C)cc2)nnc1-c1ccco1. The number of thioether (sulfide) groups is 1.